The van der Waals surface area contributed by atoms with Crippen molar-refractivity contribution < 1.29 is 57.4 Å². The first kappa shape index (κ1) is 23.8. The summed E-state index contributed by atoms with van der Waals surface area (Å²) in [6, 6.07) is 6.94. The molecule has 0 aromatic heterocycles. The standard InChI is InChI=1S/C12H18O12P4/c13-25(14,15)11(26(16,17)18)6-10(9-4-2-1-3-5-9)7-12(8-11,27(19,20)21)28(22,23)24/h1-6H,7-8H2,(H2,13,14,15)(H2,16,17,18)(H2,19,20,21)(H2,22,23,24). The van der Waals surface area contributed by atoms with Crippen molar-refractivity contribution in [1.82, 2.24) is 0 Å². The Balaban J connectivity index is 3.01. The van der Waals surface area contributed by atoms with Crippen LogP contribution in [0.25, 0.3) is 5.57 Å². The molecule has 1 aromatic carbocycles. The molecule has 0 bridgehead atoms. The van der Waals surface area contributed by atoms with Crippen LogP contribution in [0.15, 0.2) is 36.4 Å². The van der Waals surface area contributed by atoms with Crippen LogP contribution >= 0.6 is 30.4 Å². The minimum Gasteiger partial charge on any atom is -0.324 e. The van der Waals surface area contributed by atoms with Gasteiger partial charge in [0.1, 0.15) is 0 Å². The van der Waals surface area contributed by atoms with Crippen molar-refractivity contribution >= 4 is 36.0 Å². The Kier molecular flexibility index (Phi) is 6.01. The molecule has 0 saturated heterocycles. The Morgan fingerprint density at radius 1 is 0.679 bits per heavy atom. The third-order valence-corrected chi connectivity index (χ3v) is 13.2. The fourth-order valence-electron chi connectivity index (χ4n) is 3.13. The molecule has 158 valence electrons. The van der Waals surface area contributed by atoms with E-state index >= 15 is 0 Å². The fourth-order valence-corrected chi connectivity index (χ4v) is 9.61. The lowest BCUT2D eigenvalue weighted by molar-refractivity contribution is 0.279. The molecular weight excluding hydrogens is 460 g/mol. The molecule has 0 spiro atoms. The molecule has 28 heavy (non-hydrogen) atoms. The molecule has 12 nitrogen and oxygen atoms in total. The Bertz CT molecular complexity index is 933. The summed E-state index contributed by atoms with van der Waals surface area (Å²) in [6.07, 6.45) is -2.40. The number of benzene rings is 1. The zero-order valence-electron chi connectivity index (χ0n) is 13.9. The van der Waals surface area contributed by atoms with Crippen LogP contribution in [0.5, 0.6) is 0 Å². The molecule has 1 aliphatic rings. The largest absolute Gasteiger partial charge is 0.347 e. The Morgan fingerprint density at radius 2 is 1.11 bits per heavy atom. The molecule has 0 amide bonds. The number of rotatable bonds is 5. The van der Waals surface area contributed by atoms with Gasteiger partial charge in [0.25, 0.3) is 0 Å². The lowest BCUT2D eigenvalue weighted by atomic mass is 9.92. The minimum absolute atomic E-state index is 0.0275. The van der Waals surface area contributed by atoms with Gasteiger partial charge in [0.05, 0.1) is 0 Å². The fraction of sp³-hybridized carbons (Fsp3) is 0.333. The smallest absolute Gasteiger partial charge is 0.324 e. The lowest BCUT2D eigenvalue weighted by Crippen LogP contribution is -2.43. The molecule has 0 fully saturated rings. The highest BCUT2D eigenvalue weighted by molar-refractivity contribution is 7.74. The van der Waals surface area contributed by atoms with Gasteiger partial charge in [0.15, 0.2) is 9.79 Å². The molecule has 2 rings (SSSR count). The van der Waals surface area contributed by atoms with Crippen LogP contribution in [-0.4, -0.2) is 48.9 Å². The molecule has 0 atom stereocenters. The van der Waals surface area contributed by atoms with Gasteiger partial charge in [-0.15, -0.1) is 0 Å². The highest BCUT2D eigenvalue weighted by Gasteiger charge is 2.72. The second-order valence-electron chi connectivity index (χ2n) is 6.43. The SMILES string of the molecule is O=P(O)(O)C1(P(=O)(O)O)C=C(c2ccccc2)CC(P(=O)(O)O)(P(=O)(O)O)C1. The molecule has 0 aliphatic heterocycles. The van der Waals surface area contributed by atoms with Gasteiger partial charge in [-0.05, 0) is 11.1 Å². The summed E-state index contributed by atoms with van der Waals surface area (Å²) in [5.74, 6) is 0. The molecular formula is C12H18O12P4. The van der Waals surface area contributed by atoms with Gasteiger partial charge < -0.3 is 39.1 Å². The van der Waals surface area contributed by atoms with E-state index in [1.807, 2.05) is 0 Å². The monoisotopic (exact) mass is 478 g/mol. The maximum Gasteiger partial charge on any atom is 0.347 e. The van der Waals surface area contributed by atoms with Gasteiger partial charge in [-0.2, -0.15) is 0 Å². The van der Waals surface area contributed by atoms with Gasteiger partial charge in [0.2, 0.25) is 0 Å². The van der Waals surface area contributed by atoms with E-state index in [2.05, 4.69) is 0 Å². The summed E-state index contributed by atoms with van der Waals surface area (Å²) in [4.78, 5) is 70.9. The van der Waals surface area contributed by atoms with Crippen molar-refractivity contribution in [2.24, 2.45) is 0 Å². The maximum atomic E-state index is 12.1. The summed E-state index contributed by atoms with van der Waals surface area (Å²) < 4.78 is 48.5. The molecule has 0 saturated carbocycles. The van der Waals surface area contributed by atoms with Crippen molar-refractivity contribution in [1.29, 1.82) is 0 Å². The summed E-state index contributed by atoms with van der Waals surface area (Å²) in [6.45, 7) is 0. The average Bonchev–Trinajstić information content (AvgIpc) is 2.51. The predicted molar refractivity (Wildman–Crippen MR) is 97.3 cm³/mol. The third-order valence-electron chi connectivity index (χ3n) is 4.66. The van der Waals surface area contributed by atoms with E-state index < -0.39 is 58.6 Å². The van der Waals surface area contributed by atoms with E-state index in [-0.39, 0.29) is 5.56 Å². The molecule has 8 N–H and O–H groups in total. The van der Waals surface area contributed by atoms with Crippen molar-refractivity contribution in [2.75, 3.05) is 0 Å². The normalized spacial score (nSPS) is 20.5. The van der Waals surface area contributed by atoms with E-state index in [1.54, 1.807) is 0 Å². The van der Waals surface area contributed by atoms with E-state index in [4.69, 9.17) is 0 Å². The zero-order chi connectivity index (χ0) is 21.8. The topological polar surface area (TPSA) is 230 Å². The van der Waals surface area contributed by atoms with Crippen LogP contribution < -0.4 is 0 Å². The molecule has 0 radical (unpaired) electrons. The zero-order valence-corrected chi connectivity index (χ0v) is 17.5. The predicted octanol–water partition coefficient (Wildman–Crippen LogP) is 0.967. The third kappa shape index (κ3) is 3.82. The number of allylic oxidation sites excluding steroid dienone is 2. The van der Waals surface area contributed by atoms with Crippen LogP contribution in [0.1, 0.15) is 18.4 Å². The Labute approximate surface area is 158 Å². The highest BCUT2D eigenvalue weighted by atomic mass is 31.2. The van der Waals surface area contributed by atoms with E-state index in [9.17, 15) is 57.4 Å². The molecule has 0 unspecified atom stereocenters. The first-order valence-electron chi connectivity index (χ1n) is 7.38. The summed E-state index contributed by atoms with van der Waals surface area (Å²) in [5, 5.41) is 0. The number of hydrogen-bond acceptors (Lipinski definition) is 4. The Morgan fingerprint density at radius 3 is 1.46 bits per heavy atom. The second kappa shape index (κ2) is 7.06. The van der Waals surface area contributed by atoms with E-state index in [0.29, 0.717) is 6.08 Å². The van der Waals surface area contributed by atoms with Gasteiger partial charge in [-0.25, -0.2) is 0 Å². The quantitative estimate of drug-likeness (QED) is 0.277. The molecule has 0 heterocycles. The summed E-state index contributed by atoms with van der Waals surface area (Å²) in [7, 11) is -23.5. The first-order chi connectivity index (χ1) is 12.4. The van der Waals surface area contributed by atoms with E-state index in [0.717, 1.165) is 0 Å². The van der Waals surface area contributed by atoms with Crippen LogP contribution in [0.2, 0.25) is 0 Å². The van der Waals surface area contributed by atoms with Gasteiger partial charge in [-0.3, -0.25) is 18.3 Å². The maximum absolute atomic E-state index is 12.1. The summed E-state index contributed by atoms with van der Waals surface area (Å²) in [5.41, 5.74) is -0.398. The van der Waals surface area contributed by atoms with Crippen LogP contribution in [0.4, 0.5) is 0 Å². The number of hydrogen-bond donors (Lipinski definition) is 8. The van der Waals surface area contributed by atoms with Crippen LogP contribution in [0.3, 0.4) is 0 Å². The summed E-state index contributed by atoms with van der Waals surface area (Å²) >= 11 is 0. The minimum atomic E-state index is -5.90. The van der Waals surface area contributed by atoms with Crippen LogP contribution in [0, 0.1) is 0 Å². The van der Waals surface area contributed by atoms with Crippen molar-refractivity contribution in [3.05, 3.63) is 42.0 Å². The van der Waals surface area contributed by atoms with Gasteiger partial charge in [-0.1, -0.05) is 36.4 Å². The molecule has 1 aromatic rings. The van der Waals surface area contributed by atoms with E-state index in [1.165, 1.54) is 30.3 Å². The lowest BCUT2D eigenvalue weighted by Gasteiger charge is -2.46. The highest BCUT2D eigenvalue weighted by Crippen LogP contribution is 2.83. The van der Waals surface area contributed by atoms with Crippen molar-refractivity contribution in [2.45, 2.75) is 22.6 Å². The van der Waals surface area contributed by atoms with Gasteiger partial charge in [0, 0.05) is 12.8 Å². The van der Waals surface area contributed by atoms with Crippen LogP contribution in [-0.2, 0) is 18.3 Å². The van der Waals surface area contributed by atoms with Crippen molar-refractivity contribution in [3.8, 4) is 0 Å². The second-order valence-corrected chi connectivity index (χ2v) is 14.8. The first-order valence-corrected chi connectivity index (χ1v) is 13.8. The van der Waals surface area contributed by atoms with Crippen molar-refractivity contribution in [3.63, 3.8) is 0 Å². The molecule has 1 aliphatic carbocycles. The average molecular weight is 478 g/mol. The Hall–Kier alpha value is -0.440. The molecule has 16 heteroatoms. The van der Waals surface area contributed by atoms with Gasteiger partial charge >= 0.3 is 30.4 Å².